The van der Waals surface area contributed by atoms with Crippen molar-refractivity contribution in [3.63, 3.8) is 0 Å². The summed E-state index contributed by atoms with van der Waals surface area (Å²) in [5.41, 5.74) is 0. The molecule has 0 aliphatic carbocycles. The lowest BCUT2D eigenvalue weighted by Crippen LogP contribution is -2.29. The Labute approximate surface area is 113 Å². The Hall–Kier alpha value is -1.34. The molecule has 1 heterocycles. The first-order valence-corrected chi connectivity index (χ1v) is 6.37. The van der Waals surface area contributed by atoms with E-state index in [0.717, 1.165) is 19.4 Å². The highest BCUT2D eigenvalue weighted by molar-refractivity contribution is 5.28. The van der Waals surface area contributed by atoms with Crippen LogP contribution in [-0.4, -0.2) is 32.4 Å². The molecule has 1 fully saturated rings. The number of hydrogen-bond donors (Lipinski definition) is 1. The topological polar surface area (TPSA) is 30.5 Å². The summed E-state index contributed by atoms with van der Waals surface area (Å²) in [7, 11) is 0. The number of ether oxygens (including phenoxy) is 2. The molecule has 0 radical (unpaired) electrons. The molecule has 1 atom stereocenters. The van der Waals surface area contributed by atoms with Crippen molar-refractivity contribution >= 4 is 0 Å². The van der Waals surface area contributed by atoms with Crippen molar-refractivity contribution in [1.82, 2.24) is 5.32 Å². The van der Waals surface area contributed by atoms with E-state index >= 15 is 0 Å². The lowest BCUT2D eigenvalue weighted by molar-refractivity contribution is 0.109. The Bertz CT molecular complexity index is 438. The minimum absolute atomic E-state index is 0.108. The van der Waals surface area contributed by atoms with E-state index in [4.69, 9.17) is 9.47 Å². The van der Waals surface area contributed by atoms with Crippen LogP contribution in [0.4, 0.5) is 17.6 Å². The standard InChI is InChI=1S/C13H15F4NO2/c14-9-6-10(15)12(17)13(11(9)16)20-5-3-18-7-8-2-1-4-19-8/h6,8,18H,1-5,7H2. The molecule has 1 unspecified atom stereocenters. The highest BCUT2D eigenvalue weighted by Gasteiger charge is 2.20. The summed E-state index contributed by atoms with van der Waals surface area (Å²) in [6.45, 7) is 1.52. The van der Waals surface area contributed by atoms with Crippen molar-refractivity contribution in [2.45, 2.75) is 18.9 Å². The van der Waals surface area contributed by atoms with Crippen LogP contribution in [-0.2, 0) is 4.74 Å². The first-order chi connectivity index (χ1) is 9.59. The van der Waals surface area contributed by atoms with Crippen LogP contribution < -0.4 is 10.1 Å². The van der Waals surface area contributed by atoms with Crippen LogP contribution in [0.1, 0.15) is 12.8 Å². The molecule has 0 saturated carbocycles. The fourth-order valence-corrected chi connectivity index (χ4v) is 1.97. The minimum atomic E-state index is -1.52. The Morgan fingerprint density at radius 1 is 1.20 bits per heavy atom. The second kappa shape index (κ2) is 6.90. The predicted octanol–water partition coefficient (Wildman–Crippen LogP) is 2.39. The van der Waals surface area contributed by atoms with Gasteiger partial charge < -0.3 is 14.8 Å². The molecule has 0 amide bonds. The van der Waals surface area contributed by atoms with Crippen LogP contribution in [0.15, 0.2) is 6.07 Å². The Balaban J connectivity index is 1.79. The van der Waals surface area contributed by atoms with Crippen LogP contribution >= 0.6 is 0 Å². The highest BCUT2D eigenvalue weighted by Crippen LogP contribution is 2.26. The van der Waals surface area contributed by atoms with Gasteiger partial charge in [0.2, 0.25) is 11.6 Å². The molecule has 1 N–H and O–H groups in total. The van der Waals surface area contributed by atoms with E-state index in [1.807, 2.05) is 0 Å². The molecule has 1 aromatic rings. The van der Waals surface area contributed by atoms with Crippen LogP contribution in [0.3, 0.4) is 0 Å². The molecule has 1 saturated heterocycles. The van der Waals surface area contributed by atoms with Gasteiger partial charge in [0, 0.05) is 25.8 Å². The van der Waals surface area contributed by atoms with Gasteiger partial charge in [-0.25, -0.2) is 8.78 Å². The molecular formula is C13H15F4NO2. The predicted molar refractivity (Wildman–Crippen MR) is 63.6 cm³/mol. The maximum Gasteiger partial charge on any atom is 0.203 e. The second-order valence-electron chi connectivity index (χ2n) is 4.48. The van der Waals surface area contributed by atoms with Crippen LogP contribution in [0.5, 0.6) is 5.75 Å². The van der Waals surface area contributed by atoms with E-state index in [1.165, 1.54) is 0 Å². The van der Waals surface area contributed by atoms with Crippen LogP contribution in [0.25, 0.3) is 0 Å². The zero-order valence-electron chi connectivity index (χ0n) is 10.7. The summed E-state index contributed by atoms with van der Waals surface area (Å²) in [6.07, 6.45) is 2.11. The average molecular weight is 293 g/mol. The molecule has 1 aliphatic heterocycles. The minimum Gasteiger partial charge on any atom is -0.486 e. The quantitative estimate of drug-likeness (QED) is 0.496. The summed E-state index contributed by atoms with van der Waals surface area (Å²) < 4.78 is 62.4. The zero-order valence-corrected chi connectivity index (χ0v) is 10.7. The van der Waals surface area contributed by atoms with E-state index in [1.54, 1.807) is 0 Å². The lowest BCUT2D eigenvalue weighted by atomic mass is 10.2. The van der Waals surface area contributed by atoms with Crippen molar-refractivity contribution < 1.29 is 27.0 Å². The number of rotatable bonds is 6. The molecule has 1 aliphatic rings. The van der Waals surface area contributed by atoms with Gasteiger partial charge in [-0.3, -0.25) is 0 Å². The van der Waals surface area contributed by atoms with Gasteiger partial charge in [0.15, 0.2) is 17.4 Å². The third kappa shape index (κ3) is 3.61. The molecule has 0 spiro atoms. The first-order valence-electron chi connectivity index (χ1n) is 6.37. The summed E-state index contributed by atoms with van der Waals surface area (Å²) in [5, 5.41) is 2.98. The van der Waals surface area contributed by atoms with Gasteiger partial charge in [0.05, 0.1) is 6.10 Å². The molecule has 3 nitrogen and oxygen atoms in total. The van der Waals surface area contributed by atoms with E-state index < -0.39 is 29.0 Å². The molecule has 20 heavy (non-hydrogen) atoms. The number of nitrogens with one attached hydrogen (secondary N) is 1. The smallest absolute Gasteiger partial charge is 0.203 e. The van der Waals surface area contributed by atoms with Crippen molar-refractivity contribution in [3.8, 4) is 5.75 Å². The average Bonchev–Trinajstić information content (AvgIpc) is 2.93. The molecule has 112 valence electrons. The van der Waals surface area contributed by atoms with E-state index in [9.17, 15) is 17.6 Å². The number of halogens is 4. The van der Waals surface area contributed by atoms with Gasteiger partial charge in [-0.2, -0.15) is 8.78 Å². The Morgan fingerprint density at radius 3 is 2.50 bits per heavy atom. The van der Waals surface area contributed by atoms with Crippen LogP contribution in [0, 0.1) is 23.3 Å². The fraction of sp³-hybridized carbons (Fsp3) is 0.538. The molecule has 7 heteroatoms. The molecule has 1 aromatic carbocycles. The van der Waals surface area contributed by atoms with Gasteiger partial charge >= 0.3 is 0 Å². The maximum absolute atomic E-state index is 13.3. The van der Waals surface area contributed by atoms with Crippen molar-refractivity contribution in [1.29, 1.82) is 0 Å². The summed E-state index contributed by atoms with van der Waals surface area (Å²) in [4.78, 5) is 0. The van der Waals surface area contributed by atoms with Gasteiger partial charge in [0.1, 0.15) is 6.61 Å². The number of hydrogen-bond acceptors (Lipinski definition) is 3. The van der Waals surface area contributed by atoms with Gasteiger partial charge in [-0.05, 0) is 12.8 Å². The zero-order chi connectivity index (χ0) is 14.5. The third-order valence-corrected chi connectivity index (χ3v) is 2.99. The Morgan fingerprint density at radius 2 is 1.90 bits per heavy atom. The van der Waals surface area contributed by atoms with Gasteiger partial charge in [-0.15, -0.1) is 0 Å². The van der Waals surface area contributed by atoms with Crippen molar-refractivity contribution in [2.24, 2.45) is 0 Å². The normalized spacial score (nSPS) is 18.5. The monoisotopic (exact) mass is 293 g/mol. The fourth-order valence-electron chi connectivity index (χ4n) is 1.97. The van der Waals surface area contributed by atoms with Crippen molar-refractivity contribution in [2.75, 3.05) is 26.3 Å². The molecule has 2 rings (SSSR count). The lowest BCUT2D eigenvalue weighted by Gasteiger charge is -2.12. The van der Waals surface area contributed by atoms with Gasteiger partial charge in [0.25, 0.3) is 0 Å². The van der Waals surface area contributed by atoms with Gasteiger partial charge in [-0.1, -0.05) is 0 Å². The molecule has 0 bridgehead atoms. The third-order valence-electron chi connectivity index (χ3n) is 2.99. The Kier molecular flexibility index (Phi) is 5.19. The summed E-state index contributed by atoms with van der Waals surface area (Å²) in [5.74, 6) is -7.04. The maximum atomic E-state index is 13.3. The van der Waals surface area contributed by atoms with Crippen molar-refractivity contribution in [3.05, 3.63) is 29.3 Å². The second-order valence-corrected chi connectivity index (χ2v) is 4.48. The summed E-state index contributed by atoms with van der Waals surface area (Å²) in [6, 6.07) is 0.146. The SMILES string of the molecule is Fc1cc(F)c(F)c(OCCNCC2CCCO2)c1F. The van der Waals surface area contributed by atoms with E-state index in [0.29, 0.717) is 6.54 Å². The number of benzene rings is 1. The van der Waals surface area contributed by atoms with Crippen LogP contribution in [0.2, 0.25) is 0 Å². The summed E-state index contributed by atoms with van der Waals surface area (Å²) >= 11 is 0. The first kappa shape index (κ1) is 15.1. The molecular weight excluding hydrogens is 278 g/mol. The largest absolute Gasteiger partial charge is 0.486 e. The van der Waals surface area contributed by atoms with E-state index in [-0.39, 0.29) is 25.3 Å². The van der Waals surface area contributed by atoms with E-state index in [2.05, 4.69) is 5.32 Å². The molecule has 0 aromatic heterocycles. The highest BCUT2D eigenvalue weighted by atomic mass is 19.2.